The molecule has 220 valence electrons. The van der Waals surface area contributed by atoms with E-state index in [0.29, 0.717) is 16.0 Å². The van der Waals surface area contributed by atoms with Gasteiger partial charge in [0, 0.05) is 39.5 Å². The Labute approximate surface area is 248 Å². The van der Waals surface area contributed by atoms with Gasteiger partial charge in [0.15, 0.2) is 0 Å². The Morgan fingerprint density at radius 3 is 2.05 bits per heavy atom. The zero-order chi connectivity index (χ0) is 30.9. The molecule has 2 aliphatic rings. The Morgan fingerprint density at radius 1 is 0.953 bits per heavy atom. The highest BCUT2D eigenvalue weighted by Gasteiger charge is 2.65. The van der Waals surface area contributed by atoms with Crippen LogP contribution in [0.2, 0.25) is 0 Å². The minimum absolute atomic E-state index is 0.100. The number of nitrogens with zero attached hydrogens (tertiary/aromatic N) is 3. The van der Waals surface area contributed by atoms with Crippen molar-refractivity contribution in [1.82, 2.24) is 10.2 Å². The number of benzene rings is 3. The van der Waals surface area contributed by atoms with Crippen molar-refractivity contribution in [1.29, 1.82) is 0 Å². The average Bonchev–Trinajstić information content (AvgIpc) is 3.20. The van der Waals surface area contributed by atoms with Gasteiger partial charge in [-0.25, -0.2) is 9.59 Å². The topological polar surface area (TPSA) is 182 Å². The van der Waals surface area contributed by atoms with E-state index in [9.17, 15) is 39.7 Å². The molecule has 0 aliphatic carbocycles. The van der Waals surface area contributed by atoms with Crippen molar-refractivity contribution < 1.29 is 34.1 Å². The molecule has 3 aromatic rings. The number of non-ortho nitro benzene ring substituents is 2. The minimum atomic E-state index is -1.30. The number of amides is 2. The van der Waals surface area contributed by atoms with E-state index in [2.05, 4.69) is 5.32 Å². The van der Waals surface area contributed by atoms with E-state index in [1.54, 1.807) is 31.2 Å². The number of hydrogen-bond acceptors (Lipinski definition) is 9. The standard InChI is InChI=1S/C29H24N4O9S/c1-29(15-17-7-11-19(12-8-17)32(38)39)24-22(30-28(37)42-16-18-9-13-20(14-10-18)33(40)41)26(34)31(24)23(27(35)36)25(29)43-21-5-3-2-4-6-21/h2-14,22,24H,15-16H2,1H3,(H,30,37)(H,35,36)/t22-,24+,29-/m1/s1. The maximum atomic E-state index is 13.3. The van der Waals surface area contributed by atoms with E-state index in [0.717, 1.165) is 4.90 Å². The van der Waals surface area contributed by atoms with Gasteiger partial charge in [0.1, 0.15) is 18.3 Å². The molecule has 2 heterocycles. The second kappa shape index (κ2) is 11.6. The second-order valence-corrected chi connectivity index (χ2v) is 11.3. The monoisotopic (exact) mass is 604 g/mol. The first-order valence-electron chi connectivity index (χ1n) is 12.9. The molecule has 1 saturated heterocycles. The van der Waals surface area contributed by atoms with E-state index < -0.39 is 45.3 Å². The summed E-state index contributed by atoms with van der Waals surface area (Å²) in [6, 6.07) is 18.4. The highest BCUT2D eigenvalue weighted by atomic mass is 32.2. The van der Waals surface area contributed by atoms with Crippen molar-refractivity contribution in [2.75, 3.05) is 0 Å². The van der Waals surface area contributed by atoms with E-state index >= 15 is 0 Å². The summed E-state index contributed by atoms with van der Waals surface area (Å²) in [5.74, 6) is -1.92. The van der Waals surface area contributed by atoms with E-state index in [1.165, 1.54) is 53.1 Å². The van der Waals surface area contributed by atoms with Gasteiger partial charge in [0.05, 0.1) is 15.9 Å². The lowest BCUT2D eigenvalue weighted by Crippen LogP contribution is -2.72. The number of ether oxygens (including phenoxy) is 1. The summed E-state index contributed by atoms with van der Waals surface area (Å²) in [7, 11) is 0. The third kappa shape index (κ3) is 5.64. The molecule has 3 atom stereocenters. The molecule has 2 aliphatic heterocycles. The third-order valence-corrected chi connectivity index (χ3v) is 8.77. The summed E-state index contributed by atoms with van der Waals surface area (Å²) < 4.78 is 5.26. The van der Waals surface area contributed by atoms with Gasteiger partial charge in [-0.3, -0.25) is 29.9 Å². The first-order valence-corrected chi connectivity index (χ1v) is 13.7. The van der Waals surface area contributed by atoms with Gasteiger partial charge in [-0.05, 0) is 41.8 Å². The van der Waals surface area contributed by atoms with Gasteiger partial charge in [-0.15, -0.1) is 0 Å². The quantitative estimate of drug-likeness (QED) is 0.188. The van der Waals surface area contributed by atoms with Crippen LogP contribution >= 0.6 is 11.8 Å². The van der Waals surface area contributed by atoms with Gasteiger partial charge in [-0.1, -0.05) is 49.0 Å². The first kappa shape index (κ1) is 29.3. The fraction of sp³-hybridized carbons (Fsp3) is 0.207. The lowest BCUT2D eigenvalue weighted by atomic mass is 9.72. The number of fused-ring (bicyclic) bond motifs is 1. The Morgan fingerprint density at radius 2 is 1.51 bits per heavy atom. The molecule has 0 spiro atoms. The Kier molecular flexibility index (Phi) is 7.87. The molecule has 1 fully saturated rings. The minimum Gasteiger partial charge on any atom is -0.477 e. The van der Waals surface area contributed by atoms with E-state index in [4.69, 9.17) is 4.74 Å². The van der Waals surface area contributed by atoms with Crippen molar-refractivity contribution in [3.63, 3.8) is 0 Å². The number of thioether (sulfide) groups is 1. The lowest BCUT2D eigenvalue weighted by Gasteiger charge is -2.49. The number of carbonyl (C=O) groups is 3. The summed E-state index contributed by atoms with van der Waals surface area (Å²) in [6.07, 6.45) is -0.711. The maximum Gasteiger partial charge on any atom is 0.408 e. The fourth-order valence-corrected chi connectivity index (χ4v) is 6.63. The zero-order valence-electron chi connectivity index (χ0n) is 22.5. The molecule has 5 rings (SSSR count). The maximum absolute atomic E-state index is 13.3. The number of carbonyl (C=O) groups excluding carboxylic acids is 2. The molecule has 2 N–H and O–H groups in total. The average molecular weight is 605 g/mol. The fourth-order valence-electron chi connectivity index (χ4n) is 5.39. The molecule has 0 aromatic heterocycles. The highest BCUT2D eigenvalue weighted by molar-refractivity contribution is 8.03. The number of rotatable bonds is 10. The van der Waals surface area contributed by atoms with Crippen LogP contribution in [0.1, 0.15) is 18.1 Å². The zero-order valence-corrected chi connectivity index (χ0v) is 23.4. The van der Waals surface area contributed by atoms with Crippen LogP contribution in [0.15, 0.2) is 94.4 Å². The Bertz CT molecular complexity index is 1640. The van der Waals surface area contributed by atoms with Crippen LogP contribution in [0.3, 0.4) is 0 Å². The van der Waals surface area contributed by atoms with Gasteiger partial charge in [0.25, 0.3) is 17.3 Å². The Balaban J connectivity index is 1.42. The summed E-state index contributed by atoms with van der Waals surface area (Å²) in [5, 5.41) is 34.8. The summed E-state index contributed by atoms with van der Waals surface area (Å²) >= 11 is 1.21. The second-order valence-electron chi connectivity index (χ2n) is 10.2. The molecular weight excluding hydrogens is 580 g/mol. The predicted molar refractivity (Wildman–Crippen MR) is 153 cm³/mol. The van der Waals surface area contributed by atoms with Crippen LogP contribution in [-0.4, -0.2) is 49.9 Å². The molecule has 0 unspecified atom stereocenters. The number of nitrogens with one attached hydrogen (secondary N) is 1. The number of carboxylic acids is 1. The first-order chi connectivity index (χ1) is 20.5. The lowest BCUT2D eigenvalue weighted by molar-refractivity contribution is -0.385. The molecule has 2 amide bonds. The molecule has 0 saturated carbocycles. The van der Waals surface area contributed by atoms with Crippen molar-refractivity contribution in [2.24, 2.45) is 5.41 Å². The highest BCUT2D eigenvalue weighted by Crippen LogP contribution is 2.57. The summed E-state index contributed by atoms with van der Waals surface area (Å²) in [4.78, 5) is 62.0. The third-order valence-electron chi connectivity index (χ3n) is 7.40. The van der Waals surface area contributed by atoms with Gasteiger partial charge >= 0.3 is 12.1 Å². The van der Waals surface area contributed by atoms with Crippen LogP contribution in [0.4, 0.5) is 16.2 Å². The summed E-state index contributed by atoms with van der Waals surface area (Å²) in [5.41, 5.74) is -0.267. The molecule has 14 heteroatoms. The predicted octanol–water partition coefficient (Wildman–Crippen LogP) is 4.66. The number of hydrogen-bond donors (Lipinski definition) is 2. The number of aliphatic carboxylic acids is 1. The van der Waals surface area contributed by atoms with Crippen molar-refractivity contribution in [2.45, 2.75) is 36.9 Å². The molecule has 0 radical (unpaired) electrons. The largest absolute Gasteiger partial charge is 0.477 e. The molecular formula is C29H24N4O9S. The molecule has 13 nitrogen and oxygen atoms in total. The SMILES string of the molecule is C[C@]1(Cc2ccc([N+](=O)[O-])cc2)C(Sc2ccccc2)=C(C(=O)O)N2C(=O)[C@H](NC(=O)OCc3ccc([N+](=O)[O-])cc3)[C@H]21. The number of nitro groups is 2. The van der Waals surface area contributed by atoms with Gasteiger partial charge < -0.3 is 15.2 Å². The van der Waals surface area contributed by atoms with Crippen LogP contribution in [0.25, 0.3) is 0 Å². The molecule has 3 aromatic carbocycles. The van der Waals surface area contributed by atoms with Crippen molar-refractivity contribution >= 4 is 41.1 Å². The van der Waals surface area contributed by atoms with Crippen molar-refractivity contribution in [3.05, 3.63) is 121 Å². The number of carboxylic acid groups (broad SMARTS) is 1. The van der Waals surface area contributed by atoms with E-state index in [-0.39, 0.29) is 30.1 Å². The molecule has 0 bridgehead atoms. The van der Waals surface area contributed by atoms with Crippen LogP contribution in [0.5, 0.6) is 0 Å². The van der Waals surface area contributed by atoms with Crippen LogP contribution < -0.4 is 5.32 Å². The van der Waals surface area contributed by atoms with Crippen LogP contribution in [0, 0.1) is 25.6 Å². The van der Waals surface area contributed by atoms with Crippen LogP contribution in [-0.2, 0) is 27.4 Å². The van der Waals surface area contributed by atoms with Crippen molar-refractivity contribution in [3.8, 4) is 0 Å². The van der Waals surface area contributed by atoms with Gasteiger partial charge in [-0.2, -0.15) is 0 Å². The van der Waals surface area contributed by atoms with Gasteiger partial charge in [0.2, 0.25) is 0 Å². The number of β-lactam (4-membered cyclic amide) rings is 1. The Hall–Kier alpha value is -5.24. The number of nitro benzene ring substituents is 2. The summed E-state index contributed by atoms with van der Waals surface area (Å²) in [6.45, 7) is 1.59. The normalized spacial score (nSPS) is 20.7. The molecule has 43 heavy (non-hydrogen) atoms. The van der Waals surface area contributed by atoms with E-state index in [1.807, 2.05) is 18.2 Å². The smallest absolute Gasteiger partial charge is 0.408 e. The number of alkyl carbamates (subject to hydrolysis) is 1.